The van der Waals surface area contributed by atoms with Crippen molar-refractivity contribution in [1.29, 1.82) is 0 Å². The SMILES string of the molecule is c1cc(CCNCCc2ccsc2)ccn1. The minimum absolute atomic E-state index is 1.04. The molecule has 0 aliphatic heterocycles. The lowest BCUT2D eigenvalue weighted by Crippen LogP contribution is -2.19. The first-order valence-electron chi connectivity index (χ1n) is 5.56. The molecule has 2 aromatic rings. The van der Waals surface area contributed by atoms with E-state index in [0.717, 1.165) is 25.9 Å². The number of hydrogen-bond acceptors (Lipinski definition) is 3. The van der Waals surface area contributed by atoms with Gasteiger partial charge in [-0.15, -0.1) is 0 Å². The van der Waals surface area contributed by atoms with Crippen molar-refractivity contribution in [3.05, 3.63) is 52.5 Å². The van der Waals surface area contributed by atoms with Gasteiger partial charge in [-0.2, -0.15) is 11.3 Å². The minimum atomic E-state index is 1.04. The maximum Gasteiger partial charge on any atom is 0.0270 e. The molecule has 0 radical (unpaired) electrons. The molecule has 0 aliphatic carbocycles. The van der Waals surface area contributed by atoms with Crippen molar-refractivity contribution in [3.8, 4) is 0 Å². The quantitative estimate of drug-likeness (QED) is 0.774. The highest BCUT2D eigenvalue weighted by Gasteiger charge is 1.94. The molecule has 2 aromatic heterocycles. The van der Waals surface area contributed by atoms with Gasteiger partial charge in [0.15, 0.2) is 0 Å². The Morgan fingerprint density at radius 3 is 2.44 bits per heavy atom. The van der Waals surface area contributed by atoms with Crippen LogP contribution in [0.5, 0.6) is 0 Å². The van der Waals surface area contributed by atoms with Crippen LogP contribution >= 0.6 is 11.3 Å². The summed E-state index contributed by atoms with van der Waals surface area (Å²) in [6.45, 7) is 2.09. The smallest absolute Gasteiger partial charge is 0.0270 e. The molecule has 0 saturated carbocycles. The molecule has 0 unspecified atom stereocenters. The van der Waals surface area contributed by atoms with Gasteiger partial charge in [0.2, 0.25) is 0 Å². The highest BCUT2D eigenvalue weighted by atomic mass is 32.1. The molecule has 84 valence electrons. The minimum Gasteiger partial charge on any atom is -0.316 e. The van der Waals surface area contributed by atoms with E-state index in [1.807, 2.05) is 12.4 Å². The Hall–Kier alpha value is -1.19. The zero-order chi connectivity index (χ0) is 11.1. The molecule has 16 heavy (non-hydrogen) atoms. The summed E-state index contributed by atoms with van der Waals surface area (Å²) in [5.74, 6) is 0. The van der Waals surface area contributed by atoms with Crippen molar-refractivity contribution in [2.45, 2.75) is 12.8 Å². The van der Waals surface area contributed by atoms with E-state index in [4.69, 9.17) is 0 Å². The van der Waals surface area contributed by atoms with Gasteiger partial charge in [0.05, 0.1) is 0 Å². The lowest BCUT2D eigenvalue weighted by atomic mass is 10.2. The number of pyridine rings is 1. The zero-order valence-electron chi connectivity index (χ0n) is 9.23. The average molecular weight is 232 g/mol. The van der Waals surface area contributed by atoms with E-state index in [9.17, 15) is 0 Å². The van der Waals surface area contributed by atoms with E-state index < -0.39 is 0 Å². The third kappa shape index (κ3) is 3.76. The molecule has 0 spiro atoms. The molecule has 0 aromatic carbocycles. The van der Waals surface area contributed by atoms with Crippen LogP contribution in [0.25, 0.3) is 0 Å². The van der Waals surface area contributed by atoms with Crippen molar-refractivity contribution in [1.82, 2.24) is 10.3 Å². The first kappa shape index (κ1) is 11.3. The van der Waals surface area contributed by atoms with E-state index in [-0.39, 0.29) is 0 Å². The van der Waals surface area contributed by atoms with Crippen LogP contribution in [0.15, 0.2) is 41.4 Å². The number of thiophene rings is 1. The summed E-state index contributed by atoms with van der Waals surface area (Å²) >= 11 is 1.77. The van der Waals surface area contributed by atoms with E-state index >= 15 is 0 Å². The van der Waals surface area contributed by atoms with Crippen LogP contribution in [0.3, 0.4) is 0 Å². The van der Waals surface area contributed by atoms with Gasteiger partial charge in [-0.3, -0.25) is 4.98 Å². The average Bonchev–Trinajstić information content (AvgIpc) is 2.83. The van der Waals surface area contributed by atoms with Gasteiger partial charge in [-0.25, -0.2) is 0 Å². The second kappa shape index (κ2) is 6.40. The number of nitrogens with zero attached hydrogens (tertiary/aromatic N) is 1. The maximum atomic E-state index is 4.00. The number of nitrogens with one attached hydrogen (secondary N) is 1. The molecular formula is C13H16N2S. The lowest BCUT2D eigenvalue weighted by Gasteiger charge is -2.03. The summed E-state index contributed by atoms with van der Waals surface area (Å²) in [7, 11) is 0. The lowest BCUT2D eigenvalue weighted by molar-refractivity contribution is 0.682. The van der Waals surface area contributed by atoms with Gasteiger partial charge < -0.3 is 5.32 Å². The molecular weight excluding hydrogens is 216 g/mol. The van der Waals surface area contributed by atoms with Crippen molar-refractivity contribution < 1.29 is 0 Å². The van der Waals surface area contributed by atoms with Crippen LogP contribution < -0.4 is 5.32 Å². The van der Waals surface area contributed by atoms with Crippen molar-refractivity contribution in [2.24, 2.45) is 0 Å². The Bertz CT molecular complexity index is 384. The number of aromatic nitrogens is 1. The Kier molecular flexibility index (Phi) is 4.52. The first-order chi connectivity index (χ1) is 7.95. The van der Waals surface area contributed by atoms with Gasteiger partial charge >= 0.3 is 0 Å². The summed E-state index contributed by atoms with van der Waals surface area (Å²) in [4.78, 5) is 4.00. The van der Waals surface area contributed by atoms with Crippen LogP contribution in [0.1, 0.15) is 11.1 Å². The molecule has 3 heteroatoms. The molecule has 2 rings (SSSR count). The third-order valence-corrected chi connectivity index (χ3v) is 3.24. The van der Waals surface area contributed by atoms with Crippen molar-refractivity contribution in [3.63, 3.8) is 0 Å². The fraction of sp³-hybridized carbons (Fsp3) is 0.308. The van der Waals surface area contributed by atoms with Crippen LogP contribution in [0.2, 0.25) is 0 Å². The van der Waals surface area contributed by atoms with Gasteiger partial charge in [0, 0.05) is 12.4 Å². The fourth-order valence-electron chi connectivity index (χ4n) is 1.57. The molecule has 0 atom stereocenters. The summed E-state index contributed by atoms with van der Waals surface area (Å²) in [6.07, 6.45) is 5.90. The molecule has 2 heterocycles. The molecule has 0 fully saturated rings. The van der Waals surface area contributed by atoms with Crippen LogP contribution in [-0.2, 0) is 12.8 Å². The molecule has 1 N–H and O–H groups in total. The Balaban J connectivity index is 1.59. The maximum absolute atomic E-state index is 4.00. The molecule has 2 nitrogen and oxygen atoms in total. The highest BCUT2D eigenvalue weighted by Crippen LogP contribution is 2.05. The zero-order valence-corrected chi connectivity index (χ0v) is 10.0. The molecule has 0 aliphatic rings. The number of hydrogen-bond donors (Lipinski definition) is 1. The van der Waals surface area contributed by atoms with Gasteiger partial charge in [0.1, 0.15) is 0 Å². The summed E-state index contributed by atoms with van der Waals surface area (Å²) in [6, 6.07) is 6.33. The summed E-state index contributed by atoms with van der Waals surface area (Å²) in [5.41, 5.74) is 2.78. The van der Waals surface area contributed by atoms with E-state index in [1.165, 1.54) is 11.1 Å². The Labute approximate surface area is 100 Å². The standard InChI is InChI=1S/C13H16N2S/c1-6-14-7-2-12(1)3-8-15-9-4-13-5-10-16-11-13/h1-2,5-7,10-11,15H,3-4,8-9H2. The number of rotatable bonds is 6. The molecule has 0 bridgehead atoms. The fourth-order valence-corrected chi connectivity index (χ4v) is 2.28. The second-order valence-electron chi connectivity index (χ2n) is 3.74. The topological polar surface area (TPSA) is 24.9 Å². The highest BCUT2D eigenvalue weighted by molar-refractivity contribution is 7.07. The Morgan fingerprint density at radius 1 is 1.00 bits per heavy atom. The van der Waals surface area contributed by atoms with E-state index in [0.29, 0.717) is 0 Å². The predicted octanol–water partition coefficient (Wildman–Crippen LogP) is 2.52. The van der Waals surface area contributed by atoms with Crippen molar-refractivity contribution in [2.75, 3.05) is 13.1 Å². The largest absolute Gasteiger partial charge is 0.316 e. The van der Waals surface area contributed by atoms with Gasteiger partial charge in [-0.1, -0.05) is 0 Å². The molecule has 0 amide bonds. The predicted molar refractivity (Wildman–Crippen MR) is 68.8 cm³/mol. The normalized spacial score (nSPS) is 10.5. The summed E-state index contributed by atoms with van der Waals surface area (Å²) < 4.78 is 0. The van der Waals surface area contributed by atoms with Crippen LogP contribution in [0, 0.1) is 0 Å². The van der Waals surface area contributed by atoms with E-state index in [1.54, 1.807) is 11.3 Å². The Morgan fingerprint density at radius 2 is 1.75 bits per heavy atom. The van der Waals surface area contributed by atoms with E-state index in [2.05, 4.69) is 39.3 Å². The molecule has 0 saturated heterocycles. The second-order valence-corrected chi connectivity index (χ2v) is 4.52. The van der Waals surface area contributed by atoms with Crippen LogP contribution in [0.4, 0.5) is 0 Å². The monoisotopic (exact) mass is 232 g/mol. The third-order valence-electron chi connectivity index (χ3n) is 2.51. The van der Waals surface area contributed by atoms with Gasteiger partial charge in [-0.05, 0) is 66.0 Å². The van der Waals surface area contributed by atoms with Crippen molar-refractivity contribution >= 4 is 11.3 Å². The summed E-state index contributed by atoms with van der Waals surface area (Å²) in [5, 5.41) is 7.80. The first-order valence-corrected chi connectivity index (χ1v) is 6.50. The van der Waals surface area contributed by atoms with Gasteiger partial charge in [0.25, 0.3) is 0 Å². The van der Waals surface area contributed by atoms with Crippen LogP contribution in [-0.4, -0.2) is 18.1 Å².